The fourth-order valence-corrected chi connectivity index (χ4v) is 1.67. The first kappa shape index (κ1) is 12.0. The van der Waals surface area contributed by atoms with Gasteiger partial charge in [0.25, 0.3) is 0 Å². The van der Waals surface area contributed by atoms with Gasteiger partial charge in [0.1, 0.15) is 0 Å². The van der Waals surface area contributed by atoms with E-state index < -0.39 is 5.97 Å². The first-order valence-corrected chi connectivity index (χ1v) is 5.41. The normalized spacial score (nSPS) is 10.3. The SMILES string of the molecule is Cc1nn(Cc2ccc(C(=O)O)cc2)cc1C=O. The summed E-state index contributed by atoms with van der Waals surface area (Å²) in [7, 11) is 0. The van der Waals surface area contributed by atoms with Crippen LogP contribution in [0.4, 0.5) is 0 Å². The maximum atomic E-state index is 10.7. The monoisotopic (exact) mass is 244 g/mol. The van der Waals surface area contributed by atoms with Gasteiger partial charge in [0.15, 0.2) is 6.29 Å². The second-order valence-corrected chi connectivity index (χ2v) is 3.99. The lowest BCUT2D eigenvalue weighted by Gasteiger charge is -2.02. The van der Waals surface area contributed by atoms with Crippen LogP contribution in [0.5, 0.6) is 0 Å². The van der Waals surface area contributed by atoms with Crippen molar-refractivity contribution in [1.82, 2.24) is 9.78 Å². The van der Waals surface area contributed by atoms with Crippen molar-refractivity contribution in [1.29, 1.82) is 0 Å². The number of aromatic carboxylic acids is 1. The molecule has 1 heterocycles. The average Bonchev–Trinajstić information content (AvgIpc) is 2.70. The first-order chi connectivity index (χ1) is 8.60. The van der Waals surface area contributed by atoms with Gasteiger partial charge in [-0.25, -0.2) is 4.79 Å². The van der Waals surface area contributed by atoms with E-state index in [9.17, 15) is 9.59 Å². The summed E-state index contributed by atoms with van der Waals surface area (Å²) in [5.41, 5.74) is 2.44. The third-order valence-electron chi connectivity index (χ3n) is 2.66. The van der Waals surface area contributed by atoms with Crippen LogP contribution in [0.2, 0.25) is 0 Å². The van der Waals surface area contributed by atoms with Gasteiger partial charge in [0, 0.05) is 6.20 Å². The summed E-state index contributed by atoms with van der Waals surface area (Å²) in [6.07, 6.45) is 2.44. The molecule has 0 radical (unpaired) electrons. The minimum absolute atomic E-state index is 0.254. The van der Waals surface area contributed by atoms with E-state index in [1.165, 1.54) is 0 Å². The molecule has 1 N–H and O–H groups in total. The number of carboxylic acids is 1. The highest BCUT2D eigenvalue weighted by atomic mass is 16.4. The fourth-order valence-electron chi connectivity index (χ4n) is 1.67. The van der Waals surface area contributed by atoms with E-state index in [2.05, 4.69) is 5.10 Å². The predicted octanol–water partition coefficient (Wildman–Crippen LogP) is 1.75. The zero-order valence-electron chi connectivity index (χ0n) is 9.83. The third kappa shape index (κ3) is 2.45. The highest BCUT2D eigenvalue weighted by Gasteiger charge is 2.05. The van der Waals surface area contributed by atoms with Crippen molar-refractivity contribution < 1.29 is 14.7 Å². The Morgan fingerprint density at radius 2 is 2.06 bits per heavy atom. The van der Waals surface area contributed by atoms with Gasteiger partial charge in [-0.2, -0.15) is 5.10 Å². The van der Waals surface area contributed by atoms with E-state index in [0.29, 0.717) is 17.8 Å². The molecule has 0 amide bonds. The Hall–Kier alpha value is -2.43. The molecule has 0 saturated heterocycles. The molecule has 2 aromatic rings. The zero-order valence-corrected chi connectivity index (χ0v) is 9.83. The maximum absolute atomic E-state index is 10.7. The Labute approximate surface area is 104 Å². The van der Waals surface area contributed by atoms with E-state index >= 15 is 0 Å². The summed E-state index contributed by atoms with van der Waals surface area (Å²) >= 11 is 0. The lowest BCUT2D eigenvalue weighted by atomic mass is 10.1. The van der Waals surface area contributed by atoms with Crippen LogP contribution >= 0.6 is 0 Å². The summed E-state index contributed by atoms with van der Waals surface area (Å²) in [5, 5.41) is 13.0. The number of carbonyl (C=O) groups excluding carboxylic acids is 1. The van der Waals surface area contributed by atoms with Gasteiger partial charge < -0.3 is 5.11 Å². The second-order valence-electron chi connectivity index (χ2n) is 3.99. The van der Waals surface area contributed by atoms with Crippen LogP contribution in [0.15, 0.2) is 30.5 Å². The summed E-state index contributed by atoms with van der Waals surface area (Å²) in [4.78, 5) is 21.4. The molecule has 92 valence electrons. The molecule has 0 fully saturated rings. The molecule has 1 aromatic carbocycles. The van der Waals surface area contributed by atoms with Crippen LogP contribution in [0, 0.1) is 6.92 Å². The summed E-state index contributed by atoms with van der Waals surface area (Å²) in [5.74, 6) is -0.945. The van der Waals surface area contributed by atoms with Crippen molar-refractivity contribution in [3.63, 3.8) is 0 Å². The number of aldehydes is 1. The van der Waals surface area contributed by atoms with Crippen LogP contribution < -0.4 is 0 Å². The van der Waals surface area contributed by atoms with Crippen molar-refractivity contribution in [2.75, 3.05) is 0 Å². The van der Waals surface area contributed by atoms with Gasteiger partial charge >= 0.3 is 5.97 Å². The van der Waals surface area contributed by atoms with E-state index in [1.54, 1.807) is 42.1 Å². The number of carboxylic acid groups (broad SMARTS) is 1. The lowest BCUT2D eigenvalue weighted by molar-refractivity contribution is 0.0696. The molecule has 1 aromatic heterocycles. The molecular weight excluding hydrogens is 232 g/mol. The maximum Gasteiger partial charge on any atom is 0.335 e. The topological polar surface area (TPSA) is 72.2 Å². The van der Waals surface area contributed by atoms with Crippen molar-refractivity contribution in [2.24, 2.45) is 0 Å². The van der Waals surface area contributed by atoms with Gasteiger partial charge in [-0.3, -0.25) is 9.48 Å². The van der Waals surface area contributed by atoms with E-state index in [4.69, 9.17) is 5.11 Å². The Balaban J connectivity index is 2.17. The molecule has 5 nitrogen and oxygen atoms in total. The summed E-state index contributed by atoms with van der Waals surface area (Å²) in [6, 6.07) is 6.57. The smallest absolute Gasteiger partial charge is 0.335 e. The second kappa shape index (κ2) is 4.83. The summed E-state index contributed by atoms with van der Waals surface area (Å²) in [6.45, 7) is 2.28. The standard InChI is InChI=1S/C13H12N2O3/c1-9-12(8-16)7-15(14-9)6-10-2-4-11(5-3-10)13(17)18/h2-5,7-8H,6H2,1H3,(H,17,18). The van der Waals surface area contributed by atoms with Crippen molar-refractivity contribution >= 4 is 12.3 Å². The van der Waals surface area contributed by atoms with E-state index in [0.717, 1.165) is 11.8 Å². The van der Waals surface area contributed by atoms with Crippen LogP contribution in [0.3, 0.4) is 0 Å². The minimum atomic E-state index is -0.945. The molecule has 0 aliphatic carbocycles. The number of rotatable bonds is 4. The molecule has 0 aliphatic heterocycles. The number of hydrogen-bond donors (Lipinski definition) is 1. The molecule has 5 heteroatoms. The predicted molar refractivity (Wildman–Crippen MR) is 64.9 cm³/mol. The molecular formula is C13H12N2O3. The molecule has 0 aliphatic rings. The number of aryl methyl sites for hydroxylation is 1. The largest absolute Gasteiger partial charge is 0.478 e. The molecule has 18 heavy (non-hydrogen) atoms. The molecule has 0 unspecified atom stereocenters. The van der Waals surface area contributed by atoms with Gasteiger partial charge in [0.2, 0.25) is 0 Å². The zero-order chi connectivity index (χ0) is 13.1. The van der Waals surface area contributed by atoms with Crippen LogP contribution in [-0.2, 0) is 6.54 Å². The highest BCUT2D eigenvalue weighted by molar-refractivity contribution is 5.87. The van der Waals surface area contributed by atoms with Crippen molar-refractivity contribution in [3.8, 4) is 0 Å². The summed E-state index contributed by atoms with van der Waals surface area (Å²) < 4.78 is 1.66. The lowest BCUT2D eigenvalue weighted by Crippen LogP contribution is -2.01. The highest BCUT2D eigenvalue weighted by Crippen LogP contribution is 2.08. The van der Waals surface area contributed by atoms with E-state index in [-0.39, 0.29) is 5.56 Å². The van der Waals surface area contributed by atoms with Crippen LogP contribution in [-0.4, -0.2) is 27.1 Å². The third-order valence-corrected chi connectivity index (χ3v) is 2.66. The molecule has 0 saturated carbocycles. The minimum Gasteiger partial charge on any atom is -0.478 e. The Kier molecular flexibility index (Phi) is 3.23. The number of hydrogen-bond acceptors (Lipinski definition) is 3. The fraction of sp³-hybridized carbons (Fsp3) is 0.154. The Morgan fingerprint density at radius 1 is 1.39 bits per heavy atom. The van der Waals surface area contributed by atoms with Crippen molar-refractivity contribution in [3.05, 3.63) is 52.8 Å². The molecule has 0 spiro atoms. The first-order valence-electron chi connectivity index (χ1n) is 5.41. The Morgan fingerprint density at radius 3 is 2.56 bits per heavy atom. The average molecular weight is 244 g/mol. The van der Waals surface area contributed by atoms with Gasteiger partial charge in [0.05, 0.1) is 23.4 Å². The van der Waals surface area contributed by atoms with Gasteiger partial charge in [-0.1, -0.05) is 12.1 Å². The quantitative estimate of drug-likeness (QED) is 0.831. The number of nitrogens with zero attached hydrogens (tertiary/aromatic N) is 2. The Bertz CT molecular complexity index is 585. The van der Waals surface area contributed by atoms with Gasteiger partial charge in [-0.05, 0) is 24.6 Å². The molecule has 0 bridgehead atoms. The van der Waals surface area contributed by atoms with E-state index in [1.807, 2.05) is 0 Å². The molecule has 2 rings (SSSR count). The van der Waals surface area contributed by atoms with Crippen LogP contribution in [0.1, 0.15) is 32.0 Å². The number of benzene rings is 1. The van der Waals surface area contributed by atoms with Gasteiger partial charge in [-0.15, -0.1) is 0 Å². The number of carbonyl (C=O) groups is 2. The number of aromatic nitrogens is 2. The van der Waals surface area contributed by atoms with Crippen molar-refractivity contribution in [2.45, 2.75) is 13.5 Å². The molecule has 0 atom stereocenters. The van der Waals surface area contributed by atoms with Crippen LogP contribution in [0.25, 0.3) is 0 Å².